The minimum absolute atomic E-state index is 0.143. The van der Waals surface area contributed by atoms with Gasteiger partial charge in [-0.05, 0) is 19.1 Å². The summed E-state index contributed by atoms with van der Waals surface area (Å²) >= 11 is 2.45. The van der Waals surface area contributed by atoms with Gasteiger partial charge in [0.2, 0.25) is 0 Å². The van der Waals surface area contributed by atoms with Gasteiger partial charge in [-0.15, -0.1) is 0 Å². The molecule has 1 aromatic rings. The van der Waals surface area contributed by atoms with Gasteiger partial charge in [0.1, 0.15) is 4.98 Å². The number of halogens is 2. The summed E-state index contributed by atoms with van der Waals surface area (Å²) in [6.45, 7) is 1.88. The van der Waals surface area contributed by atoms with Gasteiger partial charge in [0.15, 0.2) is 0 Å². The summed E-state index contributed by atoms with van der Waals surface area (Å²) in [5.41, 5.74) is 1.01. The lowest BCUT2D eigenvalue weighted by Crippen LogP contribution is -1.89. The molecule has 1 rings (SSSR count). The SMILES string of the molecule is Cc1ccc(S(=O)(=O)Cl)cc1.N#CBr. The van der Waals surface area contributed by atoms with E-state index in [1.165, 1.54) is 12.1 Å². The Kier molecular flexibility index (Phi) is 5.77. The number of nitriles is 1. The first-order valence-electron chi connectivity index (χ1n) is 3.43. The minimum atomic E-state index is -3.55. The summed E-state index contributed by atoms with van der Waals surface area (Å²) in [4.78, 5) is 1.71. The fourth-order valence-corrected chi connectivity index (χ4v) is 1.47. The Bertz CT molecular complexity index is 422. The van der Waals surface area contributed by atoms with Crippen molar-refractivity contribution in [3.8, 4) is 4.98 Å². The Morgan fingerprint density at radius 2 is 1.71 bits per heavy atom. The highest BCUT2D eigenvalue weighted by Crippen LogP contribution is 2.14. The van der Waals surface area contributed by atoms with E-state index < -0.39 is 9.05 Å². The first-order valence-corrected chi connectivity index (χ1v) is 6.53. The van der Waals surface area contributed by atoms with E-state index in [0.29, 0.717) is 0 Å². The molecule has 0 aliphatic carbocycles. The van der Waals surface area contributed by atoms with Crippen LogP contribution in [0, 0.1) is 17.2 Å². The van der Waals surface area contributed by atoms with Crippen molar-refractivity contribution in [1.29, 1.82) is 5.26 Å². The number of hydrogen-bond donors (Lipinski definition) is 0. The van der Waals surface area contributed by atoms with Crippen LogP contribution in [0.15, 0.2) is 29.2 Å². The van der Waals surface area contributed by atoms with Crippen LogP contribution in [0.25, 0.3) is 0 Å². The van der Waals surface area contributed by atoms with Crippen LogP contribution >= 0.6 is 26.6 Å². The molecule has 0 bridgehead atoms. The Balaban J connectivity index is 0.000000500. The lowest BCUT2D eigenvalue weighted by molar-refractivity contribution is 0.609. The van der Waals surface area contributed by atoms with Crippen LogP contribution < -0.4 is 0 Å². The van der Waals surface area contributed by atoms with Crippen LogP contribution in [0.3, 0.4) is 0 Å². The van der Waals surface area contributed by atoms with E-state index >= 15 is 0 Å². The predicted octanol–water partition coefficient (Wildman–Crippen LogP) is 2.78. The molecule has 76 valence electrons. The van der Waals surface area contributed by atoms with Crippen molar-refractivity contribution in [2.75, 3.05) is 0 Å². The summed E-state index contributed by atoms with van der Waals surface area (Å²) in [5, 5.41) is 7.24. The van der Waals surface area contributed by atoms with Crippen LogP contribution in [0.5, 0.6) is 0 Å². The molecule has 0 atom stereocenters. The van der Waals surface area contributed by atoms with Crippen LogP contribution in [0.4, 0.5) is 0 Å². The number of aryl methyl sites for hydroxylation is 1. The van der Waals surface area contributed by atoms with Gasteiger partial charge in [-0.2, -0.15) is 5.26 Å². The number of hydrogen-bond acceptors (Lipinski definition) is 3. The zero-order valence-corrected chi connectivity index (χ0v) is 10.4. The molecule has 0 N–H and O–H groups in total. The highest BCUT2D eigenvalue weighted by atomic mass is 79.9. The third-order valence-corrected chi connectivity index (χ3v) is 2.67. The van der Waals surface area contributed by atoms with Crippen LogP contribution in [-0.4, -0.2) is 8.42 Å². The largest absolute Gasteiger partial charge is 0.261 e. The first-order chi connectivity index (χ1) is 6.41. The van der Waals surface area contributed by atoms with Crippen LogP contribution in [-0.2, 0) is 9.05 Å². The number of nitrogens with zero attached hydrogens (tertiary/aromatic N) is 1. The third-order valence-electron chi connectivity index (χ3n) is 1.30. The lowest BCUT2D eigenvalue weighted by atomic mass is 10.2. The van der Waals surface area contributed by atoms with E-state index in [1.807, 2.05) is 6.92 Å². The van der Waals surface area contributed by atoms with Crippen molar-refractivity contribution in [2.45, 2.75) is 11.8 Å². The molecule has 0 unspecified atom stereocenters. The second-order valence-electron chi connectivity index (χ2n) is 2.34. The molecule has 6 heteroatoms. The molecule has 14 heavy (non-hydrogen) atoms. The molecule has 0 fully saturated rings. The highest BCUT2D eigenvalue weighted by molar-refractivity contribution is 9.12. The van der Waals surface area contributed by atoms with Crippen molar-refractivity contribution < 1.29 is 8.42 Å². The van der Waals surface area contributed by atoms with Gasteiger partial charge < -0.3 is 0 Å². The van der Waals surface area contributed by atoms with Gasteiger partial charge >= 0.3 is 0 Å². The van der Waals surface area contributed by atoms with Crippen LogP contribution in [0.1, 0.15) is 5.56 Å². The zero-order chi connectivity index (χ0) is 11.2. The van der Waals surface area contributed by atoms with Crippen molar-refractivity contribution in [3.05, 3.63) is 29.8 Å². The maximum absolute atomic E-state index is 10.7. The van der Waals surface area contributed by atoms with E-state index in [0.717, 1.165) is 5.56 Å². The van der Waals surface area contributed by atoms with E-state index in [9.17, 15) is 8.42 Å². The minimum Gasteiger partial charge on any atom is -0.207 e. The lowest BCUT2D eigenvalue weighted by Gasteiger charge is -1.94. The average Bonchev–Trinajstić information content (AvgIpc) is 2.04. The van der Waals surface area contributed by atoms with Crippen molar-refractivity contribution in [3.63, 3.8) is 0 Å². The summed E-state index contributed by atoms with van der Waals surface area (Å²) in [5.74, 6) is 0. The Labute approximate surface area is 95.9 Å². The number of rotatable bonds is 1. The molecular weight excluding hydrogens is 290 g/mol. The molecule has 0 amide bonds. The zero-order valence-electron chi connectivity index (χ0n) is 7.24. The summed E-state index contributed by atoms with van der Waals surface area (Å²) < 4.78 is 21.4. The normalized spacial score (nSPS) is 9.57. The van der Waals surface area contributed by atoms with Gasteiger partial charge in [-0.3, -0.25) is 0 Å². The predicted molar refractivity (Wildman–Crippen MR) is 58.8 cm³/mol. The molecule has 0 spiro atoms. The molecule has 0 saturated heterocycles. The Morgan fingerprint density at radius 3 is 2.00 bits per heavy atom. The molecule has 0 aliphatic heterocycles. The summed E-state index contributed by atoms with van der Waals surface area (Å²) in [6.07, 6.45) is 0. The highest BCUT2D eigenvalue weighted by Gasteiger charge is 2.07. The molecular formula is C8H7BrClNO2S. The van der Waals surface area contributed by atoms with E-state index in [2.05, 4.69) is 15.9 Å². The van der Waals surface area contributed by atoms with Gasteiger partial charge in [-0.25, -0.2) is 8.42 Å². The van der Waals surface area contributed by atoms with E-state index in [4.69, 9.17) is 15.9 Å². The molecule has 0 radical (unpaired) electrons. The Morgan fingerprint density at radius 1 is 1.36 bits per heavy atom. The topological polar surface area (TPSA) is 57.9 Å². The molecule has 1 aromatic carbocycles. The standard InChI is InChI=1S/C7H7ClO2S.CBrN/c1-6-2-4-7(5-3-6)11(8,9)10;2-1-3/h2-5H,1H3;. The molecule has 0 aromatic heterocycles. The van der Waals surface area contributed by atoms with Crippen molar-refractivity contribution in [1.82, 2.24) is 0 Å². The quantitative estimate of drug-likeness (QED) is 0.749. The molecule has 0 heterocycles. The smallest absolute Gasteiger partial charge is 0.207 e. The van der Waals surface area contributed by atoms with Crippen molar-refractivity contribution in [2.24, 2.45) is 0 Å². The van der Waals surface area contributed by atoms with Gasteiger partial charge in [0.05, 0.1) is 4.90 Å². The second-order valence-corrected chi connectivity index (χ2v) is 5.26. The summed E-state index contributed by atoms with van der Waals surface area (Å²) in [6, 6.07) is 6.37. The second kappa shape index (κ2) is 6.02. The third kappa shape index (κ3) is 5.22. The molecule has 0 aliphatic rings. The Hall–Kier alpha value is -0.570. The summed E-state index contributed by atoms with van der Waals surface area (Å²) in [7, 11) is 1.54. The van der Waals surface area contributed by atoms with Gasteiger partial charge in [0.25, 0.3) is 9.05 Å². The monoisotopic (exact) mass is 295 g/mol. The average molecular weight is 297 g/mol. The fraction of sp³-hybridized carbons (Fsp3) is 0.125. The first kappa shape index (κ1) is 13.4. The molecule has 3 nitrogen and oxygen atoms in total. The number of benzene rings is 1. The van der Waals surface area contributed by atoms with E-state index in [-0.39, 0.29) is 4.90 Å². The van der Waals surface area contributed by atoms with Gasteiger partial charge in [0, 0.05) is 26.6 Å². The van der Waals surface area contributed by atoms with Crippen LogP contribution in [0.2, 0.25) is 0 Å². The molecule has 0 saturated carbocycles. The fourth-order valence-electron chi connectivity index (χ4n) is 0.701. The maximum atomic E-state index is 10.7. The maximum Gasteiger partial charge on any atom is 0.261 e. The van der Waals surface area contributed by atoms with Crippen molar-refractivity contribution >= 4 is 35.7 Å². The van der Waals surface area contributed by atoms with E-state index in [1.54, 1.807) is 17.1 Å². The van der Waals surface area contributed by atoms with Gasteiger partial charge in [-0.1, -0.05) is 17.7 Å².